The SMILES string of the molecule is CCOC(=O)[C@@H]1CCCN(C(=O)Cc2csc3nc(C)c(-c4cc(C)n(-c5ccccc5F)n4)c(=O)n23)C1. The number of aryl methyl sites for hydroxylation is 2. The Morgan fingerprint density at radius 3 is 2.79 bits per heavy atom. The van der Waals surface area contributed by atoms with Gasteiger partial charge in [-0.1, -0.05) is 12.1 Å². The summed E-state index contributed by atoms with van der Waals surface area (Å²) in [6.45, 7) is 6.46. The Hall–Kier alpha value is -3.86. The zero-order valence-electron chi connectivity index (χ0n) is 21.4. The molecule has 11 heteroatoms. The van der Waals surface area contributed by atoms with Gasteiger partial charge in [0.05, 0.1) is 30.2 Å². The Balaban J connectivity index is 1.47. The highest BCUT2D eigenvalue weighted by atomic mass is 32.1. The summed E-state index contributed by atoms with van der Waals surface area (Å²) in [5.74, 6) is -1.20. The van der Waals surface area contributed by atoms with Crippen LogP contribution in [0.25, 0.3) is 21.9 Å². The van der Waals surface area contributed by atoms with Crippen LogP contribution in [-0.4, -0.2) is 55.6 Å². The highest BCUT2D eigenvalue weighted by molar-refractivity contribution is 7.15. The number of piperidine rings is 1. The average Bonchev–Trinajstić information content (AvgIpc) is 3.47. The molecule has 0 aliphatic carbocycles. The molecule has 5 rings (SSSR count). The molecule has 1 atom stereocenters. The van der Waals surface area contributed by atoms with Crippen LogP contribution in [0, 0.1) is 25.6 Å². The van der Waals surface area contributed by atoms with Crippen molar-refractivity contribution >= 4 is 28.2 Å². The number of carbonyl (C=O) groups is 2. The maximum Gasteiger partial charge on any atom is 0.310 e. The molecule has 0 radical (unpaired) electrons. The molecule has 3 aromatic heterocycles. The summed E-state index contributed by atoms with van der Waals surface area (Å²) in [6.07, 6.45) is 1.41. The molecular weight excluding hydrogens is 509 g/mol. The Bertz CT molecular complexity index is 1590. The fourth-order valence-corrected chi connectivity index (χ4v) is 5.84. The lowest BCUT2D eigenvalue weighted by Crippen LogP contribution is -2.43. The molecule has 0 spiro atoms. The molecule has 4 heterocycles. The smallest absolute Gasteiger partial charge is 0.310 e. The molecule has 0 N–H and O–H groups in total. The minimum atomic E-state index is -0.422. The van der Waals surface area contributed by atoms with Crippen molar-refractivity contribution in [3.05, 3.63) is 69.0 Å². The first kappa shape index (κ1) is 25.8. The van der Waals surface area contributed by atoms with Gasteiger partial charge in [0.25, 0.3) is 5.56 Å². The van der Waals surface area contributed by atoms with Crippen LogP contribution in [0.2, 0.25) is 0 Å². The number of halogens is 1. The van der Waals surface area contributed by atoms with Crippen LogP contribution in [0.3, 0.4) is 0 Å². The van der Waals surface area contributed by atoms with Gasteiger partial charge in [-0.15, -0.1) is 11.3 Å². The maximum absolute atomic E-state index is 14.4. The third-order valence-electron chi connectivity index (χ3n) is 6.77. The average molecular weight is 538 g/mol. The summed E-state index contributed by atoms with van der Waals surface area (Å²) in [6, 6.07) is 8.03. The largest absolute Gasteiger partial charge is 0.466 e. The van der Waals surface area contributed by atoms with Crippen LogP contribution in [0.15, 0.2) is 40.5 Å². The first-order chi connectivity index (χ1) is 18.3. The lowest BCUT2D eigenvalue weighted by Gasteiger charge is -2.31. The van der Waals surface area contributed by atoms with E-state index in [1.165, 1.54) is 26.5 Å². The van der Waals surface area contributed by atoms with Crippen LogP contribution in [0.5, 0.6) is 0 Å². The van der Waals surface area contributed by atoms with E-state index in [-0.39, 0.29) is 35.5 Å². The van der Waals surface area contributed by atoms with Gasteiger partial charge in [-0.3, -0.25) is 18.8 Å². The molecule has 1 aliphatic rings. The number of hydrogen-bond donors (Lipinski definition) is 0. The van der Waals surface area contributed by atoms with Gasteiger partial charge in [0.1, 0.15) is 17.2 Å². The van der Waals surface area contributed by atoms with Crippen LogP contribution in [-0.2, 0) is 20.7 Å². The quantitative estimate of drug-likeness (QED) is 0.348. The van der Waals surface area contributed by atoms with Crippen molar-refractivity contribution in [3.8, 4) is 16.9 Å². The van der Waals surface area contributed by atoms with E-state index in [2.05, 4.69) is 10.1 Å². The number of likely N-dealkylation sites (tertiary alicyclic amines) is 1. The number of hydrogen-bond acceptors (Lipinski definition) is 7. The van der Waals surface area contributed by atoms with Gasteiger partial charge < -0.3 is 9.64 Å². The summed E-state index contributed by atoms with van der Waals surface area (Å²) in [5, 5.41) is 6.30. The first-order valence-corrected chi connectivity index (χ1v) is 13.4. The number of aromatic nitrogens is 4. The van der Waals surface area contributed by atoms with Gasteiger partial charge >= 0.3 is 5.97 Å². The lowest BCUT2D eigenvalue weighted by molar-refractivity contribution is -0.151. The fourth-order valence-electron chi connectivity index (χ4n) is 4.91. The van der Waals surface area contributed by atoms with Crippen molar-refractivity contribution in [2.24, 2.45) is 5.92 Å². The monoisotopic (exact) mass is 537 g/mol. The third kappa shape index (κ3) is 4.73. The molecule has 9 nitrogen and oxygen atoms in total. The summed E-state index contributed by atoms with van der Waals surface area (Å²) in [7, 11) is 0. The molecule has 1 amide bonds. The van der Waals surface area contributed by atoms with Crippen molar-refractivity contribution in [3.63, 3.8) is 0 Å². The van der Waals surface area contributed by atoms with E-state index in [0.717, 1.165) is 0 Å². The number of benzene rings is 1. The number of amides is 1. The molecule has 1 aliphatic heterocycles. The molecule has 4 aromatic rings. The molecule has 1 saturated heterocycles. The zero-order chi connectivity index (χ0) is 27.0. The second-order valence-corrected chi connectivity index (χ2v) is 10.2. The molecule has 198 valence electrons. The first-order valence-electron chi connectivity index (χ1n) is 12.5. The van der Waals surface area contributed by atoms with E-state index in [1.807, 2.05) is 0 Å². The van der Waals surface area contributed by atoms with E-state index in [0.29, 0.717) is 65.8 Å². The second-order valence-electron chi connectivity index (χ2n) is 9.36. The number of nitrogens with zero attached hydrogens (tertiary/aromatic N) is 5. The number of esters is 1. The number of carbonyl (C=O) groups excluding carboxylic acids is 2. The fraction of sp³-hybridized carbons (Fsp3) is 0.370. The van der Waals surface area contributed by atoms with Crippen molar-refractivity contribution in [2.45, 2.75) is 40.0 Å². The van der Waals surface area contributed by atoms with Crippen molar-refractivity contribution < 1.29 is 18.7 Å². The van der Waals surface area contributed by atoms with Gasteiger partial charge in [-0.2, -0.15) is 5.10 Å². The standard InChI is InChI=1S/C27H28FN5O4S/c1-4-37-26(36)18-8-7-11-31(14-18)23(34)13-19-15-38-27-29-17(3)24(25(35)32(19)27)21-12-16(2)33(30-21)22-10-6-5-9-20(22)28/h5-6,9-10,12,15,18H,4,7-8,11,13-14H2,1-3H3/t18-/m1/s1. The van der Waals surface area contributed by atoms with Gasteiger partial charge in [0, 0.05) is 29.9 Å². The third-order valence-corrected chi connectivity index (χ3v) is 7.65. The second kappa shape index (κ2) is 10.5. The van der Waals surface area contributed by atoms with Gasteiger partial charge in [-0.25, -0.2) is 14.1 Å². The Labute approximate surface area is 222 Å². The van der Waals surface area contributed by atoms with Crippen LogP contribution >= 0.6 is 11.3 Å². The number of ether oxygens (including phenoxy) is 1. The Kier molecular flexibility index (Phi) is 7.11. The summed E-state index contributed by atoms with van der Waals surface area (Å²) >= 11 is 1.29. The number of rotatable bonds is 6. The van der Waals surface area contributed by atoms with Crippen LogP contribution in [0.4, 0.5) is 4.39 Å². The highest BCUT2D eigenvalue weighted by Gasteiger charge is 2.30. The number of thiazole rings is 1. The van der Waals surface area contributed by atoms with Crippen molar-refractivity contribution in [2.75, 3.05) is 19.7 Å². The summed E-state index contributed by atoms with van der Waals surface area (Å²) in [5.41, 5.74) is 2.32. The van der Waals surface area contributed by atoms with E-state index < -0.39 is 5.82 Å². The molecule has 1 aromatic carbocycles. The van der Waals surface area contributed by atoms with Crippen LogP contribution < -0.4 is 5.56 Å². The normalized spacial score (nSPS) is 15.7. The van der Waals surface area contributed by atoms with Gasteiger partial charge in [0.2, 0.25) is 5.91 Å². The topological polar surface area (TPSA) is 98.8 Å². The molecule has 0 saturated carbocycles. The zero-order valence-corrected chi connectivity index (χ0v) is 22.3. The summed E-state index contributed by atoms with van der Waals surface area (Å²) < 4.78 is 22.5. The van der Waals surface area contributed by atoms with E-state index >= 15 is 0 Å². The molecular formula is C27H28FN5O4S. The Morgan fingerprint density at radius 1 is 1.24 bits per heavy atom. The molecule has 1 fully saturated rings. The highest BCUT2D eigenvalue weighted by Crippen LogP contribution is 2.25. The van der Waals surface area contributed by atoms with Gasteiger partial charge in [-0.05, 0) is 51.8 Å². The number of para-hydroxylation sites is 1. The maximum atomic E-state index is 14.4. The van der Waals surface area contributed by atoms with Crippen molar-refractivity contribution in [1.82, 2.24) is 24.1 Å². The minimum absolute atomic E-state index is 0.00231. The molecule has 0 bridgehead atoms. The van der Waals surface area contributed by atoms with Gasteiger partial charge in [0.15, 0.2) is 4.96 Å². The predicted octanol–water partition coefficient (Wildman–Crippen LogP) is 3.71. The van der Waals surface area contributed by atoms with Crippen molar-refractivity contribution in [1.29, 1.82) is 0 Å². The van der Waals surface area contributed by atoms with E-state index in [4.69, 9.17) is 4.74 Å². The van der Waals surface area contributed by atoms with E-state index in [1.54, 1.807) is 55.3 Å². The Morgan fingerprint density at radius 2 is 2.03 bits per heavy atom. The summed E-state index contributed by atoms with van der Waals surface area (Å²) in [4.78, 5) is 45.9. The minimum Gasteiger partial charge on any atom is -0.466 e. The van der Waals surface area contributed by atoms with E-state index in [9.17, 15) is 18.8 Å². The van der Waals surface area contributed by atoms with Crippen LogP contribution in [0.1, 0.15) is 36.8 Å². The molecule has 0 unspecified atom stereocenters. The molecule has 38 heavy (non-hydrogen) atoms. The lowest BCUT2D eigenvalue weighted by atomic mass is 9.98. The number of fused-ring (bicyclic) bond motifs is 1. The predicted molar refractivity (Wildman–Crippen MR) is 141 cm³/mol.